The molecule has 1 aliphatic heterocycles. The molecule has 1 N–H and O–H groups in total. The van der Waals surface area contributed by atoms with Crippen LogP contribution in [0.3, 0.4) is 0 Å². The summed E-state index contributed by atoms with van der Waals surface area (Å²) in [6.07, 6.45) is 2.26. The third kappa shape index (κ3) is 1.50. The SMILES string of the molecule is CC[C@@]1(C)CO[C@@H](CO)C1. The second-order valence-corrected chi connectivity index (χ2v) is 3.48. The first-order valence-corrected chi connectivity index (χ1v) is 3.92. The third-order valence-electron chi connectivity index (χ3n) is 2.45. The van der Waals surface area contributed by atoms with Crippen LogP contribution in [0, 0.1) is 5.41 Å². The van der Waals surface area contributed by atoms with Gasteiger partial charge in [-0.05, 0) is 18.3 Å². The van der Waals surface area contributed by atoms with Crippen LogP contribution in [0.1, 0.15) is 26.7 Å². The molecular formula is C8H16O2. The van der Waals surface area contributed by atoms with Crippen molar-refractivity contribution in [2.24, 2.45) is 5.41 Å². The van der Waals surface area contributed by atoms with Gasteiger partial charge >= 0.3 is 0 Å². The maximum absolute atomic E-state index is 8.77. The van der Waals surface area contributed by atoms with E-state index in [9.17, 15) is 0 Å². The number of aliphatic hydroxyl groups is 1. The molecule has 2 heteroatoms. The highest BCUT2D eigenvalue weighted by Gasteiger charge is 2.33. The summed E-state index contributed by atoms with van der Waals surface area (Å²) < 4.78 is 5.36. The molecular weight excluding hydrogens is 128 g/mol. The summed E-state index contributed by atoms with van der Waals surface area (Å²) in [5, 5.41) is 8.77. The van der Waals surface area contributed by atoms with Crippen LogP contribution in [-0.2, 0) is 4.74 Å². The number of rotatable bonds is 2. The van der Waals surface area contributed by atoms with Crippen molar-refractivity contribution in [1.29, 1.82) is 0 Å². The van der Waals surface area contributed by atoms with E-state index in [0.717, 1.165) is 19.4 Å². The van der Waals surface area contributed by atoms with E-state index in [1.165, 1.54) is 0 Å². The van der Waals surface area contributed by atoms with Gasteiger partial charge in [0.15, 0.2) is 0 Å². The van der Waals surface area contributed by atoms with Gasteiger partial charge in [-0.25, -0.2) is 0 Å². The summed E-state index contributed by atoms with van der Waals surface area (Å²) in [5.74, 6) is 0. The van der Waals surface area contributed by atoms with Crippen molar-refractivity contribution < 1.29 is 9.84 Å². The molecule has 0 amide bonds. The predicted octanol–water partition coefficient (Wildman–Crippen LogP) is 1.18. The van der Waals surface area contributed by atoms with Crippen molar-refractivity contribution in [2.75, 3.05) is 13.2 Å². The molecule has 0 radical (unpaired) electrons. The Hall–Kier alpha value is -0.0800. The second kappa shape index (κ2) is 2.89. The van der Waals surface area contributed by atoms with Crippen LogP contribution in [0.4, 0.5) is 0 Å². The summed E-state index contributed by atoms with van der Waals surface area (Å²) >= 11 is 0. The molecule has 10 heavy (non-hydrogen) atoms. The lowest BCUT2D eigenvalue weighted by atomic mass is 9.85. The highest BCUT2D eigenvalue weighted by atomic mass is 16.5. The van der Waals surface area contributed by atoms with Gasteiger partial charge in [-0.2, -0.15) is 0 Å². The zero-order chi connectivity index (χ0) is 7.61. The topological polar surface area (TPSA) is 29.5 Å². The van der Waals surface area contributed by atoms with E-state index in [2.05, 4.69) is 13.8 Å². The van der Waals surface area contributed by atoms with Crippen molar-refractivity contribution in [1.82, 2.24) is 0 Å². The van der Waals surface area contributed by atoms with Gasteiger partial charge in [0.2, 0.25) is 0 Å². The molecule has 0 aromatic carbocycles. The Morgan fingerprint density at radius 3 is 2.70 bits per heavy atom. The van der Waals surface area contributed by atoms with Crippen LogP contribution < -0.4 is 0 Å². The van der Waals surface area contributed by atoms with Gasteiger partial charge in [0.05, 0.1) is 19.3 Å². The summed E-state index contributed by atoms with van der Waals surface area (Å²) in [5.41, 5.74) is 0.327. The van der Waals surface area contributed by atoms with Gasteiger partial charge < -0.3 is 9.84 Å². The zero-order valence-electron chi connectivity index (χ0n) is 6.76. The van der Waals surface area contributed by atoms with E-state index in [0.29, 0.717) is 5.41 Å². The minimum absolute atomic E-state index is 0.102. The average molecular weight is 144 g/mol. The number of ether oxygens (including phenoxy) is 1. The molecule has 1 heterocycles. The van der Waals surface area contributed by atoms with Gasteiger partial charge in [-0.1, -0.05) is 13.8 Å². The van der Waals surface area contributed by atoms with E-state index >= 15 is 0 Å². The number of hydrogen-bond acceptors (Lipinski definition) is 2. The molecule has 0 saturated carbocycles. The summed E-state index contributed by atoms with van der Waals surface area (Å²) in [4.78, 5) is 0. The van der Waals surface area contributed by atoms with Crippen molar-refractivity contribution >= 4 is 0 Å². The molecule has 1 aliphatic rings. The lowest BCUT2D eigenvalue weighted by molar-refractivity contribution is 0.0535. The Kier molecular flexibility index (Phi) is 2.32. The Morgan fingerprint density at radius 1 is 1.70 bits per heavy atom. The molecule has 0 bridgehead atoms. The van der Waals surface area contributed by atoms with Gasteiger partial charge in [-0.15, -0.1) is 0 Å². The maximum Gasteiger partial charge on any atom is 0.0812 e. The Balaban J connectivity index is 2.41. The molecule has 2 atom stereocenters. The fourth-order valence-electron chi connectivity index (χ4n) is 1.35. The molecule has 1 rings (SSSR count). The normalized spacial score (nSPS) is 40.5. The monoisotopic (exact) mass is 144 g/mol. The minimum Gasteiger partial charge on any atom is -0.394 e. The van der Waals surface area contributed by atoms with E-state index in [-0.39, 0.29) is 12.7 Å². The molecule has 1 saturated heterocycles. The zero-order valence-corrected chi connectivity index (χ0v) is 6.76. The lowest BCUT2D eigenvalue weighted by Gasteiger charge is -2.18. The molecule has 0 spiro atoms. The molecule has 60 valence electrons. The van der Waals surface area contributed by atoms with Crippen molar-refractivity contribution in [2.45, 2.75) is 32.8 Å². The lowest BCUT2D eigenvalue weighted by Crippen LogP contribution is -2.15. The van der Waals surface area contributed by atoms with Crippen LogP contribution in [0.15, 0.2) is 0 Å². The molecule has 0 aromatic rings. The Morgan fingerprint density at radius 2 is 2.40 bits per heavy atom. The van der Waals surface area contributed by atoms with Gasteiger partial charge in [0, 0.05) is 0 Å². The van der Waals surface area contributed by atoms with Crippen molar-refractivity contribution in [3.63, 3.8) is 0 Å². The largest absolute Gasteiger partial charge is 0.394 e. The Labute approximate surface area is 62.2 Å². The summed E-state index contributed by atoms with van der Waals surface area (Å²) in [6.45, 7) is 5.37. The number of aliphatic hydroxyl groups excluding tert-OH is 1. The standard InChI is InChI=1S/C8H16O2/c1-3-8(2)4-7(5-9)10-6-8/h7,9H,3-6H2,1-2H3/t7-,8-/m1/s1. The second-order valence-electron chi connectivity index (χ2n) is 3.48. The van der Waals surface area contributed by atoms with Gasteiger partial charge in [0.1, 0.15) is 0 Å². The molecule has 0 unspecified atom stereocenters. The first-order valence-electron chi connectivity index (χ1n) is 3.92. The van der Waals surface area contributed by atoms with Crippen LogP contribution >= 0.6 is 0 Å². The predicted molar refractivity (Wildman–Crippen MR) is 39.8 cm³/mol. The third-order valence-corrected chi connectivity index (χ3v) is 2.45. The molecule has 2 nitrogen and oxygen atoms in total. The minimum atomic E-state index is 0.102. The van der Waals surface area contributed by atoms with Crippen LogP contribution in [0.5, 0.6) is 0 Å². The van der Waals surface area contributed by atoms with Crippen LogP contribution in [0.25, 0.3) is 0 Å². The van der Waals surface area contributed by atoms with Crippen molar-refractivity contribution in [3.8, 4) is 0 Å². The quantitative estimate of drug-likeness (QED) is 0.630. The van der Waals surface area contributed by atoms with Crippen LogP contribution in [0.2, 0.25) is 0 Å². The van der Waals surface area contributed by atoms with E-state index < -0.39 is 0 Å². The molecule has 1 fully saturated rings. The van der Waals surface area contributed by atoms with Gasteiger partial charge in [0.25, 0.3) is 0 Å². The number of hydrogen-bond donors (Lipinski definition) is 1. The fourth-order valence-corrected chi connectivity index (χ4v) is 1.35. The molecule has 0 aliphatic carbocycles. The Bertz CT molecular complexity index is 114. The van der Waals surface area contributed by atoms with Crippen LogP contribution in [-0.4, -0.2) is 24.4 Å². The highest BCUT2D eigenvalue weighted by molar-refractivity contribution is 4.82. The smallest absolute Gasteiger partial charge is 0.0812 e. The first kappa shape index (κ1) is 8.02. The van der Waals surface area contributed by atoms with Crippen molar-refractivity contribution in [3.05, 3.63) is 0 Å². The first-order chi connectivity index (χ1) is 4.70. The van der Waals surface area contributed by atoms with E-state index in [1.54, 1.807) is 0 Å². The molecule has 0 aromatic heterocycles. The maximum atomic E-state index is 8.77. The van der Waals surface area contributed by atoms with E-state index in [1.807, 2.05) is 0 Å². The highest BCUT2D eigenvalue weighted by Crippen LogP contribution is 2.34. The van der Waals surface area contributed by atoms with Gasteiger partial charge in [-0.3, -0.25) is 0 Å². The fraction of sp³-hybridized carbons (Fsp3) is 1.00. The summed E-state index contributed by atoms with van der Waals surface area (Å²) in [6, 6.07) is 0. The average Bonchev–Trinajstić information content (AvgIpc) is 2.33. The van der Waals surface area contributed by atoms with E-state index in [4.69, 9.17) is 9.84 Å². The summed E-state index contributed by atoms with van der Waals surface area (Å²) in [7, 11) is 0.